The minimum Gasteiger partial charge on any atom is -0.354 e. The predicted octanol–water partition coefficient (Wildman–Crippen LogP) is 4.14. The second-order valence-electron chi connectivity index (χ2n) is 5.49. The predicted molar refractivity (Wildman–Crippen MR) is 88.9 cm³/mol. The first-order valence-electron chi connectivity index (χ1n) is 7.82. The molecule has 0 unspecified atom stereocenters. The minimum absolute atomic E-state index is 0.190. The fraction of sp³-hybridized carbons (Fsp3) is 0.235. The third kappa shape index (κ3) is 3.98. The van der Waals surface area contributed by atoms with Crippen molar-refractivity contribution < 1.29 is 17.6 Å². The zero-order valence-corrected chi connectivity index (χ0v) is 13.8. The number of aromatic nitrogens is 4. The standard InChI is InChI=1S/C17H15F4N5/c1-2-22-16-23-8-7-13(25-16)15-14(11-3-5-12(18)6-4-11)24-10-26(15)9-17(19,20)21/h3-8,10H,2,9H2,1H3,(H,22,23,25). The summed E-state index contributed by atoms with van der Waals surface area (Å²) in [7, 11) is 0. The Morgan fingerprint density at radius 3 is 2.46 bits per heavy atom. The second-order valence-corrected chi connectivity index (χ2v) is 5.49. The van der Waals surface area contributed by atoms with Crippen molar-refractivity contribution in [3.05, 3.63) is 48.7 Å². The molecule has 136 valence electrons. The number of anilines is 1. The number of imidazole rings is 1. The lowest BCUT2D eigenvalue weighted by Gasteiger charge is -2.13. The van der Waals surface area contributed by atoms with Gasteiger partial charge in [-0.05, 0) is 37.3 Å². The summed E-state index contributed by atoms with van der Waals surface area (Å²) < 4.78 is 53.0. The molecular formula is C17H15F4N5. The molecule has 2 heterocycles. The molecule has 3 aromatic rings. The molecular weight excluding hydrogens is 350 g/mol. The van der Waals surface area contributed by atoms with Gasteiger partial charge in [-0.15, -0.1) is 0 Å². The molecule has 3 rings (SSSR count). The molecule has 1 aromatic carbocycles. The summed E-state index contributed by atoms with van der Waals surface area (Å²) in [6.07, 6.45) is -1.86. The van der Waals surface area contributed by atoms with Gasteiger partial charge < -0.3 is 9.88 Å². The summed E-state index contributed by atoms with van der Waals surface area (Å²) in [5, 5.41) is 2.92. The average Bonchev–Trinajstić information content (AvgIpc) is 2.98. The molecule has 0 spiro atoms. The van der Waals surface area contributed by atoms with Gasteiger partial charge in [0.25, 0.3) is 0 Å². The molecule has 0 saturated heterocycles. The van der Waals surface area contributed by atoms with Crippen molar-refractivity contribution in [2.75, 3.05) is 11.9 Å². The van der Waals surface area contributed by atoms with Gasteiger partial charge in [-0.25, -0.2) is 19.3 Å². The van der Waals surface area contributed by atoms with E-state index in [1.54, 1.807) is 0 Å². The number of halogens is 4. The van der Waals surface area contributed by atoms with Crippen LogP contribution in [0.2, 0.25) is 0 Å². The van der Waals surface area contributed by atoms with E-state index in [0.717, 1.165) is 10.9 Å². The first-order valence-corrected chi connectivity index (χ1v) is 7.82. The smallest absolute Gasteiger partial charge is 0.354 e. The fourth-order valence-corrected chi connectivity index (χ4v) is 2.52. The van der Waals surface area contributed by atoms with Gasteiger partial charge >= 0.3 is 6.18 Å². The number of nitrogens with zero attached hydrogens (tertiary/aromatic N) is 4. The molecule has 0 bridgehead atoms. The van der Waals surface area contributed by atoms with Crippen molar-refractivity contribution in [2.45, 2.75) is 19.6 Å². The van der Waals surface area contributed by atoms with E-state index in [4.69, 9.17) is 0 Å². The molecule has 0 aliphatic rings. The number of hydrogen-bond donors (Lipinski definition) is 1. The Bertz CT molecular complexity index is 887. The Balaban J connectivity index is 2.14. The molecule has 0 aliphatic carbocycles. The highest BCUT2D eigenvalue weighted by molar-refractivity contribution is 5.77. The lowest BCUT2D eigenvalue weighted by atomic mass is 10.1. The second kappa shape index (κ2) is 7.11. The lowest BCUT2D eigenvalue weighted by molar-refractivity contribution is -0.140. The Kier molecular flexibility index (Phi) is 4.88. The molecule has 1 N–H and O–H groups in total. The van der Waals surface area contributed by atoms with Crippen molar-refractivity contribution in [2.24, 2.45) is 0 Å². The highest BCUT2D eigenvalue weighted by Gasteiger charge is 2.30. The van der Waals surface area contributed by atoms with Gasteiger partial charge in [-0.3, -0.25) is 0 Å². The molecule has 0 fully saturated rings. The Hall–Kier alpha value is -2.97. The zero-order chi connectivity index (χ0) is 18.7. The van der Waals surface area contributed by atoms with E-state index in [9.17, 15) is 17.6 Å². The summed E-state index contributed by atoms with van der Waals surface area (Å²) in [5.74, 6) is -0.142. The molecule has 0 atom stereocenters. The van der Waals surface area contributed by atoms with Crippen molar-refractivity contribution in [1.82, 2.24) is 19.5 Å². The van der Waals surface area contributed by atoms with E-state index in [0.29, 0.717) is 18.1 Å². The molecule has 2 aromatic heterocycles. The minimum atomic E-state index is -4.42. The van der Waals surface area contributed by atoms with Gasteiger partial charge in [-0.2, -0.15) is 13.2 Å². The molecule has 26 heavy (non-hydrogen) atoms. The largest absolute Gasteiger partial charge is 0.406 e. The van der Waals surface area contributed by atoms with Gasteiger partial charge in [0.15, 0.2) is 0 Å². The third-order valence-electron chi connectivity index (χ3n) is 3.54. The van der Waals surface area contributed by atoms with E-state index in [1.165, 1.54) is 36.5 Å². The summed E-state index contributed by atoms with van der Waals surface area (Å²) in [6, 6.07) is 6.90. The van der Waals surface area contributed by atoms with E-state index < -0.39 is 18.5 Å². The number of hydrogen-bond acceptors (Lipinski definition) is 4. The van der Waals surface area contributed by atoms with Crippen LogP contribution in [-0.2, 0) is 6.54 Å². The zero-order valence-electron chi connectivity index (χ0n) is 13.8. The van der Waals surface area contributed by atoms with Gasteiger partial charge in [-0.1, -0.05) is 0 Å². The van der Waals surface area contributed by atoms with Crippen molar-refractivity contribution >= 4 is 5.95 Å². The maximum Gasteiger partial charge on any atom is 0.406 e. The average molecular weight is 365 g/mol. The number of nitrogens with one attached hydrogen (secondary N) is 1. The summed E-state index contributed by atoms with van der Waals surface area (Å²) >= 11 is 0. The maximum atomic E-state index is 13.2. The fourth-order valence-electron chi connectivity index (χ4n) is 2.52. The SMILES string of the molecule is CCNc1nccc(-c2c(-c3ccc(F)cc3)ncn2CC(F)(F)F)n1. The van der Waals surface area contributed by atoms with Gasteiger partial charge in [0.1, 0.15) is 12.4 Å². The lowest BCUT2D eigenvalue weighted by Crippen LogP contribution is -2.18. The quantitative estimate of drug-likeness (QED) is 0.691. The Morgan fingerprint density at radius 2 is 1.81 bits per heavy atom. The van der Waals surface area contributed by atoms with Crippen LogP contribution in [0.5, 0.6) is 0 Å². The van der Waals surface area contributed by atoms with E-state index in [-0.39, 0.29) is 17.1 Å². The first kappa shape index (κ1) is 17.8. The monoisotopic (exact) mass is 365 g/mol. The van der Waals surface area contributed by atoms with Gasteiger partial charge in [0.05, 0.1) is 23.4 Å². The van der Waals surface area contributed by atoms with Crippen LogP contribution >= 0.6 is 0 Å². The van der Waals surface area contributed by atoms with Gasteiger partial charge in [0, 0.05) is 18.3 Å². The molecule has 9 heteroatoms. The van der Waals surface area contributed by atoms with E-state index in [1.807, 2.05) is 6.92 Å². The van der Waals surface area contributed by atoms with Crippen LogP contribution in [0.3, 0.4) is 0 Å². The highest BCUT2D eigenvalue weighted by Crippen LogP contribution is 2.32. The van der Waals surface area contributed by atoms with Crippen LogP contribution in [0.15, 0.2) is 42.9 Å². The van der Waals surface area contributed by atoms with Crippen LogP contribution < -0.4 is 5.32 Å². The molecule has 0 amide bonds. The van der Waals surface area contributed by atoms with E-state index in [2.05, 4.69) is 20.3 Å². The third-order valence-corrected chi connectivity index (χ3v) is 3.54. The van der Waals surface area contributed by atoms with Crippen LogP contribution in [-0.4, -0.2) is 32.2 Å². The Labute approximate surface area is 146 Å². The van der Waals surface area contributed by atoms with Crippen molar-refractivity contribution in [1.29, 1.82) is 0 Å². The molecule has 0 radical (unpaired) electrons. The molecule has 0 saturated carbocycles. The summed E-state index contributed by atoms with van der Waals surface area (Å²) in [4.78, 5) is 12.4. The molecule has 5 nitrogen and oxygen atoms in total. The number of rotatable bonds is 5. The van der Waals surface area contributed by atoms with Crippen LogP contribution in [0.4, 0.5) is 23.5 Å². The first-order chi connectivity index (χ1) is 12.4. The Morgan fingerprint density at radius 1 is 1.08 bits per heavy atom. The van der Waals surface area contributed by atoms with Gasteiger partial charge in [0.2, 0.25) is 5.95 Å². The molecule has 0 aliphatic heterocycles. The number of benzene rings is 1. The van der Waals surface area contributed by atoms with Crippen molar-refractivity contribution in [3.8, 4) is 22.6 Å². The van der Waals surface area contributed by atoms with Crippen LogP contribution in [0.1, 0.15) is 6.92 Å². The van der Waals surface area contributed by atoms with Crippen molar-refractivity contribution in [3.63, 3.8) is 0 Å². The maximum absolute atomic E-state index is 13.2. The number of alkyl halides is 3. The topological polar surface area (TPSA) is 55.6 Å². The van der Waals surface area contributed by atoms with E-state index >= 15 is 0 Å². The van der Waals surface area contributed by atoms with Crippen LogP contribution in [0.25, 0.3) is 22.6 Å². The summed E-state index contributed by atoms with van der Waals surface area (Å²) in [5.41, 5.74) is 1.26. The van der Waals surface area contributed by atoms with Crippen LogP contribution in [0, 0.1) is 5.82 Å². The highest BCUT2D eigenvalue weighted by atomic mass is 19.4. The normalized spacial score (nSPS) is 11.6. The summed E-state index contributed by atoms with van der Waals surface area (Å²) in [6.45, 7) is 1.21.